The van der Waals surface area contributed by atoms with Crippen molar-refractivity contribution >= 4 is 23.3 Å². The number of hydrogen-bond acceptors (Lipinski definition) is 5. The molecule has 4 rings (SSSR count). The number of nitrogens with one attached hydrogen (secondary N) is 2. The maximum Gasteiger partial charge on any atom is 0.321 e. The second-order valence-corrected chi connectivity index (χ2v) is 7.22. The van der Waals surface area contributed by atoms with Crippen LogP contribution in [-0.4, -0.2) is 41.2 Å². The van der Waals surface area contributed by atoms with Crippen LogP contribution in [0.15, 0.2) is 52.2 Å². The lowest BCUT2D eigenvalue weighted by atomic mass is 9.96. The minimum Gasteiger partial charge on any atom is -0.467 e. The quantitative estimate of drug-likeness (QED) is 0.850. The zero-order valence-electron chi connectivity index (χ0n) is 15.6. The molecule has 1 fully saturated rings. The highest BCUT2D eigenvalue weighted by atomic mass is 16.7. The standard InChI is InChI=1S/C20H22N4O4/c1-14-4-2-5-15(10-14)22-19(26)24-8-7-20(13-24)11-17(23-28-20)18(25)21-12-16-6-3-9-27-16/h2-6,9-10H,7-8,11-13H2,1H3,(H,21,25)(H,22,26). The third kappa shape index (κ3) is 3.85. The molecule has 2 N–H and O–H groups in total. The lowest BCUT2D eigenvalue weighted by Crippen LogP contribution is -2.39. The number of hydrogen-bond donors (Lipinski definition) is 2. The highest BCUT2D eigenvalue weighted by molar-refractivity contribution is 6.39. The topological polar surface area (TPSA) is 96.2 Å². The van der Waals surface area contributed by atoms with Gasteiger partial charge in [0.1, 0.15) is 11.5 Å². The molecule has 8 nitrogen and oxygen atoms in total. The van der Waals surface area contributed by atoms with Crippen LogP contribution in [0.4, 0.5) is 10.5 Å². The average molecular weight is 382 g/mol. The summed E-state index contributed by atoms with van der Waals surface area (Å²) >= 11 is 0. The van der Waals surface area contributed by atoms with E-state index in [0.29, 0.717) is 43.9 Å². The van der Waals surface area contributed by atoms with Crippen molar-refractivity contribution in [3.05, 3.63) is 54.0 Å². The van der Waals surface area contributed by atoms with Gasteiger partial charge < -0.3 is 24.8 Å². The minimum absolute atomic E-state index is 0.179. The first-order valence-corrected chi connectivity index (χ1v) is 9.21. The van der Waals surface area contributed by atoms with E-state index in [1.807, 2.05) is 31.2 Å². The molecule has 1 saturated heterocycles. The average Bonchev–Trinajstić information content (AvgIpc) is 3.42. The summed E-state index contributed by atoms with van der Waals surface area (Å²) in [5, 5.41) is 9.65. The van der Waals surface area contributed by atoms with Crippen LogP contribution < -0.4 is 10.6 Å². The van der Waals surface area contributed by atoms with Crippen molar-refractivity contribution in [2.45, 2.75) is 31.9 Å². The van der Waals surface area contributed by atoms with Gasteiger partial charge in [-0.1, -0.05) is 17.3 Å². The van der Waals surface area contributed by atoms with Crippen LogP contribution in [0.5, 0.6) is 0 Å². The Labute approximate surface area is 162 Å². The number of anilines is 1. The molecule has 2 aromatic rings. The molecule has 1 atom stereocenters. The van der Waals surface area contributed by atoms with Crippen molar-refractivity contribution in [1.29, 1.82) is 0 Å². The summed E-state index contributed by atoms with van der Waals surface area (Å²) in [4.78, 5) is 32.2. The number of amides is 3. The molecule has 1 aromatic carbocycles. The fourth-order valence-corrected chi connectivity index (χ4v) is 3.49. The largest absolute Gasteiger partial charge is 0.467 e. The molecule has 3 amide bonds. The molecule has 2 aliphatic rings. The van der Waals surface area contributed by atoms with Crippen LogP contribution in [0.3, 0.4) is 0 Å². The Morgan fingerprint density at radius 2 is 2.18 bits per heavy atom. The number of carbonyl (C=O) groups excluding carboxylic acids is 2. The van der Waals surface area contributed by atoms with Crippen LogP contribution in [0.1, 0.15) is 24.2 Å². The van der Waals surface area contributed by atoms with E-state index in [9.17, 15) is 9.59 Å². The minimum atomic E-state index is -0.624. The van der Waals surface area contributed by atoms with Crippen LogP contribution in [0, 0.1) is 6.92 Å². The number of furan rings is 1. The predicted octanol–water partition coefficient (Wildman–Crippen LogP) is 2.66. The number of carbonyl (C=O) groups is 2. The first-order valence-electron chi connectivity index (χ1n) is 9.21. The number of urea groups is 1. The Hall–Kier alpha value is -3.29. The zero-order valence-corrected chi connectivity index (χ0v) is 15.6. The van der Waals surface area contributed by atoms with Crippen LogP contribution in [0.2, 0.25) is 0 Å². The molecule has 3 heterocycles. The fraction of sp³-hybridized carbons (Fsp3) is 0.350. The lowest BCUT2D eigenvalue weighted by Gasteiger charge is -2.22. The van der Waals surface area contributed by atoms with Crippen LogP contribution in [-0.2, 0) is 16.2 Å². The zero-order chi connectivity index (χ0) is 19.6. The van der Waals surface area contributed by atoms with Gasteiger partial charge in [-0.25, -0.2) is 4.79 Å². The molecule has 2 aliphatic heterocycles. The Balaban J connectivity index is 1.30. The van der Waals surface area contributed by atoms with E-state index >= 15 is 0 Å². The second-order valence-electron chi connectivity index (χ2n) is 7.22. The van der Waals surface area contributed by atoms with Crippen molar-refractivity contribution in [3.63, 3.8) is 0 Å². The number of nitrogens with zero attached hydrogens (tertiary/aromatic N) is 2. The summed E-state index contributed by atoms with van der Waals surface area (Å²) in [6.45, 7) is 3.21. The van der Waals surface area contributed by atoms with E-state index in [4.69, 9.17) is 9.25 Å². The summed E-state index contributed by atoms with van der Waals surface area (Å²) in [5.41, 5.74) is 1.55. The third-order valence-electron chi connectivity index (χ3n) is 4.98. The Morgan fingerprint density at radius 1 is 1.29 bits per heavy atom. The SMILES string of the molecule is Cc1cccc(NC(=O)N2CCC3(CC(C(=O)NCc4ccco4)=NO3)C2)c1. The highest BCUT2D eigenvalue weighted by Gasteiger charge is 2.48. The Bertz CT molecular complexity index is 909. The molecule has 1 spiro atoms. The molecular weight excluding hydrogens is 360 g/mol. The van der Waals surface area contributed by atoms with Gasteiger partial charge in [0.05, 0.1) is 19.4 Å². The van der Waals surface area contributed by atoms with Crippen LogP contribution >= 0.6 is 0 Å². The second kappa shape index (κ2) is 7.38. The molecule has 0 saturated carbocycles. The van der Waals surface area contributed by atoms with E-state index in [1.165, 1.54) is 0 Å². The molecule has 28 heavy (non-hydrogen) atoms. The van der Waals surface area contributed by atoms with Gasteiger partial charge in [-0.2, -0.15) is 0 Å². The summed E-state index contributed by atoms with van der Waals surface area (Å²) in [6, 6.07) is 11.0. The maximum atomic E-state index is 12.5. The van der Waals surface area contributed by atoms with Gasteiger partial charge in [-0.15, -0.1) is 0 Å². The molecule has 0 radical (unpaired) electrons. The smallest absolute Gasteiger partial charge is 0.321 e. The first-order chi connectivity index (χ1) is 13.5. The van der Waals surface area contributed by atoms with E-state index in [0.717, 1.165) is 11.3 Å². The molecular formula is C20H22N4O4. The maximum absolute atomic E-state index is 12.5. The van der Waals surface area contributed by atoms with E-state index in [1.54, 1.807) is 23.3 Å². The van der Waals surface area contributed by atoms with Crippen molar-refractivity contribution in [2.75, 3.05) is 18.4 Å². The van der Waals surface area contributed by atoms with Crippen molar-refractivity contribution in [1.82, 2.24) is 10.2 Å². The van der Waals surface area contributed by atoms with Crippen molar-refractivity contribution in [2.24, 2.45) is 5.16 Å². The molecule has 0 bridgehead atoms. The Morgan fingerprint density at radius 3 is 2.96 bits per heavy atom. The van der Waals surface area contributed by atoms with Crippen molar-refractivity contribution < 1.29 is 18.8 Å². The van der Waals surface area contributed by atoms with Crippen LogP contribution in [0.25, 0.3) is 0 Å². The number of rotatable bonds is 4. The van der Waals surface area contributed by atoms with E-state index < -0.39 is 5.60 Å². The van der Waals surface area contributed by atoms with Gasteiger partial charge in [0.2, 0.25) is 0 Å². The molecule has 0 aliphatic carbocycles. The third-order valence-corrected chi connectivity index (χ3v) is 4.98. The van der Waals surface area contributed by atoms with E-state index in [2.05, 4.69) is 15.8 Å². The fourth-order valence-electron chi connectivity index (χ4n) is 3.49. The van der Waals surface area contributed by atoms with Crippen molar-refractivity contribution in [3.8, 4) is 0 Å². The molecule has 146 valence electrons. The molecule has 1 unspecified atom stereocenters. The van der Waals surface area contributed by atoms with Gasteiger partial charge in [-0.3, -0.25) is 4.79 Å². The number of aryl methyl sites for hydroxylation is 1. The molecule has 1 aromatic heterocycles. The van der Waals surface area contributed by atoms with Gasteiger partial charge in [0.15, 0.2) is 5.60 Å². The summed E-state index contributed by atoms with van der Waals surface area (Å²) in [6.07, 6.45) is 2.57. The predicted molar refractivity (Wildman–Crippen MR) is 103 cm³/mol. The van der Waals surface area contributed by atoms with Gasteiger partial charge in [0.25, 0.3) is 5.91 Å². The number of oxime groups is 1. The molecule has 8 heteroatoms. The lowest BCUT2D eigenvalue weighted by molar-refractivity contribution is -0.115. The van der Waals surface area contributed by atoms with E-state index in [-0.39, 0.29) is 11.9 Å². The monoisotopic (exact) mass is 382 g/mol. The number of likely N-dealkylation sites (tertiary alicyclic amines) is 1. The highest BCUT2D eigenvalue weighted by Crippen LogP contribution is 2.34. The van der Waals surface area contributed by atoms with Gasteiger partial charge in [0, 0.05) is 25.1 Å². The van der Waals surface area contributed by atoms with Gasteiger partial charge >= 0.3 is 6.03 Å². The summed E-state index contributed by atoms with van der Waals surface area (Å²) in [7, 11) is 0. The first kappa shape index (κ1) is 18.1. The van der Waals surface area contributed by atoms with Gasteiger partial charge in [-0.05, 0) is 36.8 Å². The normalized spacial score (nSPS) is 20.8. The summed E-state index contributed by atoms with van der Waals surface area (Å²) < 4.78 is 5.20. The Kier molecular flexibility index (Phi) is 4.77. The number of benzene rings is 1. The summed E-state index contributed by atoms with van der Waals surface area (Å²) in [5.74, 6) is 0.387.